The van der Waals surface area contributed by atoms with Gasteiger partial charge in [-0.25, -0.2) is 0 Å². The number of furan rings is 1. The monoisotopic (exact) mass is 292 g/mol. The first kappa shape index (κ1) is 14.5. The van der Waals surface area contributed by atoms with Gasteiger partial charge < -0.3 is 4.42 Å². The minimum Gasteiger partial charge on any atom is -0.462 e. The number of hydrogen-bond acceptors (Lipinski definition) is 4. The highest BCUT2D eigenvalue weighted by atomic mass is 32.1. The SMILES string of the molecule is CCN1C(=O)C(=Cc2ccc(C)o2)C(=O)N(CC)C1=S. The van der Waals surface area contributed by atoms with Crippen LogP contribution in [0.2, 0.25) is 0 Å². The van der Waals surface area contributed by atoms with Gasteiger partial charge in [0.2, 0.25) is 0 Å². The standard InChI is InChI=1S/C14H16N2O3S/c1-4-15-12(17)11(8-10-7-6-9(3)19-10)13(18)16(5-2)14(15)20/h6-8H,4-5H2,1-3H3. The molecule has 2 rings (SSSR count). The van der Waals surface area contributed by atoms with Crippen molar-refractivity contribution in [2.45, 2.75) is 20.8 Å². The molecule has 6 heteroatoms. The van der Waals surface area contributed by atoms with Crippen molar-refractivity contribution < 1.29 is 14.0 Å². The highest BCUT2D eigenvalue weighted by Gasteiger charge is 2.37. The summed E-state index contributed by atoms with van der Waals surface area (Å²) in [4.78, 5) is 27.5. The Hall–Kier alpha value is -1.95. The summed E-state index contributed by atoms with van der Waals surface area (Å²) < 4.78 is 5.40. The maximum absolute atomic E-state index is 12.3. The Morgan fingerprint density at radius 3 is 2.10 bits per heavy atom. The molecule has 0 aromatic carbocycles. The van der Waals surface area contributed by atoms with Crippen LogP contribution in [0.3, 0.4) is 0 Å². The minimum atomic E-state index is -0.374. The number of carbonyl (C=O) groups excluding carboxylic acids is 2. The molecular formula is C14H16N2O3S. The number of hydrogen-bond donors (Lipinski definition) is 0. The highest BCUT2D eigenvalue weighted by molar-refractivity contribution is 7.80. The van der Waals surface area contributed by atoms with Crippen LogP contribution in [0.15, 0.2) is 22.1 Å². The average molecular weight is 292 g/mol. The van der Waals surface area contributed by atoms with E-state index in [0.29, 0.717) is 18.8 Å². The van der Waals surface area contributed by atoms with E-state index in [2.05, 4.69) is 0 Å². The summed E-state index contributed by atoms with van der Waals surface area (Å²) in [5, 5.41) is 0.262. The van der Waals surface area contributed by atoms with Gasteiger partial charge in [-0.2, -0.15) is 0 Å². The fourth-order valence-corrected chi connectivity index (χ4v) is 2.48. The number of likely N-dealkylation sites (N-methyl/N-ethyl adjacent to an activating group) is 2. The normalized spacial score (nSPS) is 16.1. The molecule has 0 bridgehead atoms. The van der Waals surface area contributed by atoms with E-state index < -0.39 is 0 Å². The number of nitrogens with zero attached hydrogens (tertiary/aromatic N) is 2. The molecule has 1 aromatic rings. The fourth-order valence-electron chi connectivity index (χ4n) is 2.06. The average Bonchev–Trinajstić information content (AvgIpc) is 2.81. The molecule has 1 saturated heterocycles. The Kier molecular flexibility index (Phi) is 4.04. The second-order valence-electron chi connectivity index (χ2n) is 4.39. The Balaban J connectivity index is 2.45. The van der Waals surface area contributed by atoms with Crippen LogP contribution in [0.25, 0.3) is 6.08 Å². The molecule has 0 aliphatic carbocycles. The topological polar surface area (TPSA) is 53.8 Å². The van der Waals surface area contributed by atoms with Gasteiger partial charge in [0.15, 0.2) is 5.11 Å². The number of carbonyl (C=O) groups is 2. The molecular weight excluding hydrogens is 276 g/mol. The number of amides is 2. The van der Waals surface area contributed by atoms with E-state index in [1.165, 1.54) is 15.9 Å². The Morgan fingerprint density at radius 2 is 1.70 bits per heavy atom. The van der Waals surface area contributed by atoms with Crippen LogP contribution in [0, 0.1) is 6.92 Å². The zero-order valence-corrected chi connectivity index (χ0v) is 12.5. The van der Waals surface area contributed by atoms with E-state index in [1.807, 2.05) is 13.8 Å². The van der Waals surface area contributed by atoms with Crippen molar-refractivity contribution in [1.29, 1.82) is 0 Å². The maximum Gasteiger partial charge on any atom is 0.265 e. The Morgan fingerprint density at radius 1 is 1.15 bits per heavy atom. The number of aryl methyl sites for hydroxylation is 1. The van der Waals surface area contributed by atoms with Gasteiger partial charge in [-0.1, -0.05) is 0 Å². The van der Waals surface area contributed by atoms with E-state index in [9.17, 15) is 9.59 Å². The van der Waals surface area contributed by atoms with Crippen molar-refractivity contribution in [2.75, 3.05) is 13.1 Å². The van der Waals surface area contributed by atoms with E-state index >= 15 is 0 Å². The summed E-state index contributed by atoms with van der Waals surface area (Å²) in [7, 11) is 0. The van der Waals surface area contributed by atoms with Crippen LogP contribution in [0.4, 0.5) is 0 Å². The predicted octanol–water partition coefficient (Wildman–Crippen LogP) is 1.97. The molecule has 0 N–H and O–H groups in total. The van der Waals surface area contributed by atoms with Gasteiger partial charge in [-0.3, -0.25) is 19.4 Å². The third kappa shape index (κ3) is 2.38. The van der Waals surface area contributed by atoms with E-state index in [-0.39, 0.29) is 22.5 Å². The molecule has 1 fully saturated rings. The van der Waals surface area contributed by atoms with Crippen LogP contribution >= 0.6 is 12.2 Å². The van der Waals surface area contributed by atoms with Gasteiger partial charge in [-0.05, 0) is 51.2 Å². The van der Waals surface area contributed by atoms with Crippen LogP contribution < -0.4 is 0 Å². The van der Waals surface area contributed by atoms with Gasteiger partial charge in [-0.15, -0.1) is 0 Å². The predicted molar refractivity (Wildman–Crippen MR) is 78.8 cm³/mol. The van der Waals surface area contributed by atoms with E-state index in [1.54, 1.807) is 19.1 Å². The van der Waals surface area contributed by atoms with Crippen LogP contribution in [-0.4, -0.2) is 39.8 Å². The second kappa shape index (κ2) is 5.58. The second-order valence-corrected chi connectivity index (χ2v) is 4.75. The molecule has 20 heavy (non-hydrogen) atoms. The summed E-state index contributed by atoms with van der Waals surface area (Å²) in [6.07, 6.45) is 1.48. The first-order valence-corrected chi connectivity index (χ1v) is 6.86. The lowest BCUT2D eigenvalue weighted by Gasteiger charge is -2.35. The molecule has 0 unspecified atom stereocenters. The number of rotatable bonds is 3. The third-order valence-electron chi connectivity index (χ3n) is 3.09. The lowest BCUT2D eigenvalue weighted by atomic mass is 10.1. The summed E-state index contributed by atoms with van der Waals surface area (Å²) in [5.41, 5.74) is 0.0802. The van der Waals surface area contributed by atoms with Crippen molar-refractivity contribution in [1.82, 2.24) is 9.80 Å². The van der Waals surface area contributed by atoms with Gasteiger partial charge >= 0.3 is 0 Å². The number of thiocarbonyl (C=S) groups is 1. The molecule has 2 amide bonds. The van der Waals surface area contributed by atoms with Crippen molar-refractivity contribution in [3.05, 3.63) is 29.2 Å². The molecule has 5 nitrogen and oxygen atoms in total. The summed E-state index contributed by atoms with van der Waals surface area (Å²) in [6.45, 7) is 6.30. The molecule has 2 heterocycles. The van der Waals surface area contributed by atoms with Gasteiger partial charge in [0, 0.05) is 13.1 Å². The zero-order valence-electron chi connectivity index (χ0n) is 11.7. The van der Waals surface area contributed by atoms with E-state index in [4.69, 9.17) is 16.6 Å². The van der Waals surface area contributed by atoms with E-state index in [0.717, 1.165) is 5.76 Å². The Bertz CT molecular complexity index is 575. The van der Waals surface area contributed by atoms with Crippen LogP contribution in [-0.2, 0) is 9.59 Å². The summed E-state index contributed by atoms with van der Waals surface area (Å²) in [5.74, 6) is 0.462. The first-order valence-electron chi connectivity index (χ1n) is 6.45. The van der Waals surface area contributed by atoms with Gasteiger partial charge in [0.25, 0.3) is 11.8 Å². The molecule has 1 aliphatic heterocycles. The third-order valence-corrected chi connectivity index (χ3v) is 3.53. The van der Waals surface area contributed by atoms with Crippen molar-refractivity contribution in [2.24, 2.45) is 0 Å². The molecule has 0 saturated carbocycles. The molecule has 1 aliphatic rings. The molecule has 1 aromatic heterocycles. The Labute approximate surface area is 122 Å². The minimum absolute atomic E-state index is 0.0802. The lowest BCUT2D eigenvalue weighted by molar-refractivity contribution is -0.133. The van der Waals surface area contributed by atoms with Crippen LogP contribution in [0.1, 0.15) is 25.4 Å². The zero-order chi connectivity index (χ0) is 14.9. The molecule has 106 valence electrons. The summed E-state index contributed by atoms with van der Waals surface area (Å²) in [6, 6.07) is 3.51. The highest BCUT2D eigenvalue weighted by Crippen LogP contribution is 2.20. The van der Waals surface area contributed by atoms with Crippen LogP contribution in [0.5, 0.6) is 0 Å². The maximum atomic E-state index is 12.3. The molecule has 0 spiro atoms. The first-order chi connectivity index (χ1) is 9.49. The quantitative estimate of drug-likeness (QED) is 0.485. The van der Waals surface area contributed by atoms with Gasteiger partial charge in [0.1, 0.15) is 17.1 Å². The van der Waals surface area contributed by atoms with Gasteiger partial charge in [0.05, 0.1) is 0 Å². The van der Waals surface area contributed by atoms with Crippen molar-refractivity contribution in [3.8, 4) is 0 Å². The fraction of sp³-hybridized carbons (Fsp3) is 0.357. The summed E-state index contributed by atoms with van der Waals surface area (Å²) >= 11 is 5.18. The molecule has 0 atom stereocenters. The smallest absolute Gasteiger partial charge is 0.265 e. The van der Waals surface area contributed by atoms with Crippen molar-refractivity contribution in [3.63, 3.8) is 0 Å². The largest absolute Gasteiger partial charge is 0.462 e. The van der Waals surface area contributed by atoms with Crippen molar-refractivity contribution >= 4 is 35.2 Å². The lowest BCUT2D eigenvalue weighted by Crippen LogP contribution is -2.55. The molecule has 0 radical (unpaired) electrons.